The molecule has 3 aromatic heterocycles. The highest BCUT2D eigenvalue weighted by Crippen LogP contribution is 2.53. The van der Waals surface area contributed by atoms with Gasteiger partial charge in [0.25, 0.3) is 11.8 Å². The molecule has 3 N–H and O–H groups in total. The Morgan fingerprint density at radius 3 is 2.21 bits per heavy atom. The van der Waals surface area contributed by atoms with Crippen LogP contribution in [0.3, 0.4) is 0 Å². The summed E-state index contributed by atoms with van der Waals surface area (Å²) in [6.45, 7) is 6.69. The number of anilines is 6. The van der Waals surface area contributed by atoms with Gasteiger partial charge in [0.15, 0.2) is 0 Å². The van der Waals surface area contributed by atoms with Crippen LogP contribution in [0, 0.1) is 11.2 Å². The molecule has 25 heteroatoms. The SMILES string of the molecule is COc1cc(N2CCN(C3CC4(CCN(C5CN(c6cc7c(cc6F)C(=O)N(C6CCC(=O)NC6=O)C7=O)C5)CC4)C3)CC2)c(-c2cnn(C)c2)cc1Nc1ncc(Br)c(Nc2ccc3nccnc3c2P(=O)(OC)OC)n1. The lowest BCUT2D eigenvalue weighted by atomic mass is 9.59. The van der Waals surface area contributed by atoms with Crippen molar-refractivity contribution < 1.29 is 41.9 Å². The molecule has 1 saturated carbocycles. The minimum absolute atomic E-state index is 0.0150. The number of ether oxygens (including phenoxy) is 1. The Balaban J connectivity index is 0.672. The standard InChI is InChI=1S/C53H57BrFN14O8P/c1-64-27-30(25-59-64)33-20-40(61-52-58-26-36(54)48(63-52)60-39-6-5-38-46(57-12-11-56-38)47(39)78(74,76-3)77-4)44(75-2)22-42(33)67-17-15-66(16-18-67)31-23-53(24-31)9-13-65(14-10-53)32-28-68(29-32)43-21-35-34(19-37(43)55)50(72)69(51(35)73)41-7-8-45(70)62-49(41)71/h5-6,11-12,19-22,25-27,31-32,41H,7-10,13-18,23-24,28-29H2,1-4H3,(H,62,70,71)(H2,58,60,61,63). The second-order valence-electron chi connectivity index (χ2n) is 20.8. The number of hydrogen-bond donors (Lipinski definition) is 3. The molecule has 1 aliphatic carbocycles. The predicted octanol–water partition coefficient (Wildman–Crippen LogP) is 5.99. The molecule has 6 aliphatic rings. The Kier molecular flexibility index (Phi) is 13.5. The van der Waals surface area contributed by atoms with Gasteiger partial charge >= 0.3 is 7.60 Å². The number of piperazine rings is 1. The highest BCUT2D eigenvalue weighted by atomic mass is 79.9. The summed E-state index contributed by atoms with van der Waals surface area (Å²) in [4.78, 5) is 79.5. The summed E-state index contributed by atoms with van der Waals surface area (Å²) >= 11 is 3.58. The second kappa shape index (κ2) is 20.4. The first-order chi connectivity index (χ1) is 37.6. The molecule has 6 aromatic rings. The zero-order chi connectivity index (χ0) is 54.2. The first-order valence-corrected chi connectivity index (χ1v) is 28.3. The number of nitrogens with one attached hydrogen (secondary N) is 3. The fraction of sp³-hybridized carbons (Fsp3) is 0.415. The summed E-state index contributed by atoms with van der Waals surface area (Å²) in [5.74, 6) is -1.84. The van der Waals surface area contributed by atoms with Crippen LogP contribution in [0.4, 0.5) is 38.9 Å². The summed E-state index contributed by atoms with van der Waals surface area (Å²) in [7, 11) is 2.34. The molecule has 12 rings (SSSR count). The van der Waals surface area contributed by atoms with Gasteiger partial charge in [-0.25, -0.2) is 9.37 Å². The van der Waals surface area contributed by atoms with E-state index in [0.717, 1.165) is 79.9 Å². The van der Waals surface area contributed by atoms with Gasteiger partial charge in [0, 0.05) is 127 Å². The number of amides is 4. The largest absolute Gasteiger partial charge is 0.494 e. The Hall–Kier alpha value is -6.95. The van der Waals surface area contributed by atoms with E-state index in [0.29, 0.717) is 63.0 Å². The van der Waals surface area contributed by atoms with Crippen molar-refractivity contribution in [2.45, 2.75) is 56.7 Å². The Morgan fingerprint density at radius 2 is 1.51 bits per heavy atom. The number of carbonyl (C=O) groups excluding carboxylic acids is 4. The average Bonchev–Trinajstić information content (AvgIpc) is 4.15. The van der Waals surface area contributed by atoms with E-state index in [-0.39, 0.29) is 47.0 Å². The number of imide groups is 2. The third-order valence-electron chi connectivity index (χ3n) is 16.5. The molecule has 78 heavy (non-hydrogen) atoms. The molecule has 4 saturated heterocycles. The number of piperidine rings is 2. The number of fused-ring (bicyclic) bond motifs is 2. The molecule has 8 heterocycles. The van der Waals surface area contributed by atoms with Crippen molar-refractivity contribution in [1.29, 1.82) is 0 Å². The van der Waals surface area contributed by atoms with Crippen molar-refractivity contribution in [2.75, 3.05) is 94.1 Å². The summed E-state index contributed by atoms with van der Waals surface area (Å²) < 4.78 is 48.7. The number of nitrogens with zero attached hydrogens (tertiary/aromatic N) is 11. The lowest BCUT2D eigenvalue weighted by Gasteiger charge is -2.58. The van der Waals surface area contributed by atoms with E-state index < -0.39 is 43.1 Å². The molecule has 0 radical (unpaired) electrons. The minimum Gasteiger partial charge on any atom is -0.494 e. The van der Waals surface area contributed by atoms with Gasteiger partial charge < -0.3 is 34.2 Å². The molecule has 3 aromatic carbocycles. The third-order valence-corrected chi connectivity index (χ3v) is 19.1. The lowest BCUT2D eigenvalue weighted by Crippen LogP contribution is -2.64. The average molecular weight is 1150 g/mol. The van der Waals surface area contributed by atoms with Crippen LogP contribution in [0.1, 0.15) is 59.2 Å². The van der Waals surface area contributed by atoms with Gasteiger partial charge in [-0.2, -0.15) is 10.1 Å². The number of likely N-dealkylation sites (tertiary alicyclic amines) is 1. The molecule has 4 amide bonds. The molecule has 0 bridgehead atoms. The van der Waals surface area contributed by atoms with Crippen molar-refractivity contribution in [1.82, 2.24) is 49.7 Å². The zero-order valence-electron chi connectivity index (χ0n) is 43.4. The number of methoxy groups -OCH3 is 1. The van der Waals surface area contributed by atoms with Gasteiger partial charge in [0.2, 0.25) is 17.8 Å². The quantitative estimate of drug-likeness (QED) is 0.0840. The molecule has 22 nitrogen and oxygen atoms in total. The van der Waals surface area contributed by atoms with E-state index in [2.05, 4.69) is 72.7 Å². The maximum Gasteiger partial charge on any atom is 0.365 e. The van der Waals surface area contributed by atoms with Gasteiger partial charge in [-0.05, 0) is 96.9 Å². The van der Waals surface area contributed by atoms with Crippen molar-refractivity contribution in [3.63, 3.8) is 0 Å². The third kappa shape index (κ3) is 9.24. The van der Waals surface area contributed by atoms with Crippen LogP contribution in [-0.4, -0.2) is 160 Å². The molecular formula is C53H57BrFN14O8P. The van der Waals surface area contributed by atoms with E-state index in [1.54, 1.807) is 36.3 Å². The van der Waals surface area contributed by atoms with Crippen LogP contribution >= 0.6 is 23.5 Å². The van der Waals surface area contributed by atoms with E-state index in [1.165, 1.54) is 39.3 Å². The molecular weight excluding hydrogens is 1090 g/mol. The maximum absolute atomic E-state index is 15.6. The number of rotatable bonds is 14. The molecule has 5 fully saturated rings. The Morgan fingerprint density at radius 1 is 0.795 bits per heavy atom. The Labute approximate surface area is 456 Å². The summed E-state index contributed by atoms with van der Waals surface area (Å²) in [5.41, 5.74) is 5.49. The molecule has 5 aliphatic heterocycles. The number of carbonyl (C=O) groups is 4. The van der Waals surface area contributed by atoms with Crippen molar-refractivity contribution >= 4 is 98.0 Å². The Bertz CT molecular complexity index is 3460. The molecule has 1 atom stereocenters. The van der Waals surface area contributed by atoms with E-state index >= 15 is 4.39 Å². The van der Waals surface area contributed by atoms with Crippen LogP contribution in [-0.2, 0) is 30.2 Å². The number of aromatic nitrogens is 6. The van der Waals surface area contributed by atoms with Crippen LogP contribution in [0.25, 0.3) is 22.2 Å². The summed E-state index contributed by atoms with van der Waals surface area (Å²) in [6.07, 6.45) is 13.2. The van der Waals surface area contributed by atoms with Crippen LogP contribution in [0.15, 0.2) is 71.9 Å². The fourth-order valence-electron chi connectivity index (χ4n) is 12.2. The highest BCUT2D eigenvalue weighted by Gasteiger charge is 2.50. The monoisotopic (exact) mass is 1150 g/mol. The van der Waals surface area contributed by atoms with E-state index in [4.69, 9.17) is 18.8 Å². The van der Waals surface area contributed by atoms with E-state index in [9.17, 15) is 23.7 Å². The number of hydrogen-bond acceptors (Lipinski definition) is 19. The van der Waals surface area contributed by atoms with Crippen molar-refractivity contribution in [3.8, 4) is 16.9 Å². The van der Waals surface area contributed by atoms with Crippen LogP contribution in [0.5, 0.6) is 5.75 Å². The van der Waals surface area contributed by atoms with Gasteiger partial charge in [0.1, 0.15) is 34.2 Å². The van der Waals surface area contributed by atoms with Crippen LogP contribution < -0.4 is 35.8 Å². The topological polar surface area (TPSA) is 235 Å². The molecule has 406 valence electrons. The van der Waals surface area contributed by atoms with Gasteiger partial charge in [-0.15, -0.1) is 0 Å². The van der Waals surface area contributed by atoms with E-state index in [1.807, 2.05) is 30.4 Å². The molecule has 1 spiro atoms. The number of halogens is 2. The fourth-order valence-corrected chi connectivity index (χ4v) is 13.9. The predicted molar refractivity (Wildman–Crippen MR) is 291 cm³/mol. The minimum atomic E-state index is -3.84. The smallest absolute Gasteiger partial charge is 0.365 e. The number of aryl methyl sites for hydroxylation is 1. The zero-order valence-corrected chi connectivity index (χ0v) is 45.9. The highest BCUT2D eigenvalue weighted by molar-refractivity contribution is 9.10. The first kappa shape index (κ1) is 51.8. The van der Waals surface area contributed by atoms with Gasteiger partial charge in [-0.3, -0.25) is 58.4 Å². The first-order valence-electron chi connectivity index (χ1n) is 25.9. The lowest BCUT2D eigenvalue weighted by molar-refractivity contribution is -0.136. The summed E-state index contributed by atoms with van der Waals surface area (Å²) in [5, 5.41) is 13.6. The summed E-state index contributed by atoms with van der Waals surface area (Å²) in [6, 6.07) is 9.83. The van der Waals surface area contributed by atoms with Crippen molar-refractivity contribution in [2.24, 2.45) is 12.5 Å². The van der Waals surface area contributed by atoms with Crippen LogP contribution in [0.2, 0.25) is 0 Å². The number of benzene rings is 3. The van der Waals surface area contributed by atoms with Gasteiger partial charge in [-0.1, -0.05) is 0 Å². The molecule has 1 unspecified atom stereocenters. The van der Waals surface area contributed by atoms with Gasteiger partial charge in [0.05, 0.1) is 51.5 Å². The van der Waals surface area contributed by atoms with Crippen molar-refractivity contribution in [3.05, 3.63) is 88.8 Å². The normalized spacial score (nSPS) is 20.3. The maximum atomic E-state index is 15.6. The second-order valence-corrected chi connectivity index (χ2v) is 23.9.